The zero-order valence-corrected chi connectivity index (χ0v) is 12.2. The molecule has 1 aliphatic heterocycles. The minimum atomic E-state index is 0.242. The van der Waals surface area contributed by atoms with Crippen molar-refractivity contribution in [3.8, 4) is 0 Å². The lowest BCUT2D eigenvalue weighted by Crippen LogP contribution is -2.51. The third-order valence-electron chi connectivity index (χ3n) is 4.69. The van der Waals surface area contributed by atoms with Crippen LogP contribution in [0.4, 0.5) is 0 Å². The van der Waals surface area contributed by atoms with Gasteiger partial charge in [-0.05, 0) is 35.8 Å². The van der Waals surface area contributed by atoms with E-state index in [1.807, 2.05) is 0 Å². The molecule has 2 unspecified atom stereocenters. The third kappa shape index (κ3) is 2.56. The molecule has 1 fully saturated rings. The predicted octanol–water partition coefficient (Wildman–Crippen LogP) is 2.73. The van der Waals surface area contributed by atoms with Gasteiger partial charge in [0.15, 0.2) is 0 Å². The molecule has 0 spiro atoms. The lowest BCUT2D eigenvalue weighted by atomic mass is 9.71. The van der Waals surface area contributed by atoms with E-state index < -0.39 is 0 Å². The van der Waals surface area contributed by atoms with E-state index in [1.54, 1.807) is 5.57 Å². The van der Waals surface area contributed by atoms with Gasteiger partial charge in [0.2, 0.25) is 0 Å². The second kappa shape index (κ2) is 5.26. The van der Waals surface area contributed by atoms with E-state index in [0.717, 1.165) is 12.5 Å². The van der Waals surface area contributed by atoms with Gasteiger partial charge in [-0.3, -0.25) is 0 Å². The van der Waals surface area contributed by atoms with Gasteiger partial charge in [-0.2, -0.15) is 0 Å². The number of piperidine rings is 1. The number of allylic oxidation sites excluding steroid dienone is 5. The largest absolute Gasteiger partial charge is 0.323 e. The van der Waals surface area contributed by atoms with Gasteiger partial charge < -0.3 is 10.6 Å². The smallest absolute Gasteiger partial charge is 0.0392 e. The summed E-state index contributed by atoms with van der Waals surface area (Å²) in [6.07, 6.45) is 11.6. The molecule has 3 aliphatic rings. The number of hydrogen-bond acceptors (Lipinski definition) is 2. The van der Waals surface area contributed by atoms with Crippen molar-refractivity contribution in [2.24, 2.45) is 23.5 Å². The number of nitrogens with two attached hydrogens (primary N) is 1. The summed E-state index contributed by atoms with van der Waals surface area (Å²) in [6.45, 7) is 8.04. The first-order valence-corrected chi connectivity index (χ1v) is 7.72. The maximum absolute atomic E-state index is 6.50. The summed E-state index contributed by atoms with van der Waals surface area (Å²) in [5.41, 5.74) is 9.61. The SMILES string of the molecule is CC(C)CN1CC2CCC3C=CC=CC3=C2[C@@H](N)C1. The van der Waals surface area contributed by atoms with Crippen LogP contribution in [0.25, 0.3) is 0 Å². The zero-order valence-electron chi connectivity index (χ0n) is 12.2. The average molecular weight is 258 g/mol. The summed E-state index contributed by atoms with van der Waals surface area (Å²) in [5, 5.41) is 0. The molecule has 3 atom stereocenters. The van der Waals surface area contributed by atoms with Crippen molar-refractivity contribution < 1.29 is 0 Å². The van der Waals surface area contributed by atoms with Gasteiger partial charge >= 0.3 is 0 Å². The Morgan fingerprint density at radius 1 is 1.26 bits per heavy atom. The molecule has 2 heteroatoms. The number of fused-ring (bicyclic) bond motifs is 2. The summed E-state index contributed by atoms with van der Waals surface area (Å²) in [4.78, 5) is 2.58. The minimum Gasteiger partial charge on any atom is -0.323 e. The molecular weight excluding hydrogens is 232 g/mol. The highest BCUT2D eigenvalue weighted by Crippen LogP contribution is 2.40. The van der Waals surface area contributed by atoms with Crippen LogP contribution in [-0.2, 0) is 0 Å². The molecule has 0 aromatic carbocycles. The molecule has 2 nitrogen and oxygen atoms in total. The van der Waals surface area contributed by atoms with Crippen molar-refractivity contribution in [1.29, 1.82) is 0 Å². The summed E-state index contributed by atoms with van der Waals surface area (Å²) < 4.78 is 0. The number of nitrogens with zero attached hydrogens (tertiary/aromatic N) is 1. The second-order valence-electron chi connectivity index (χ2n) is 6.75. The Labute approximate surface area is 117 Å². The Morgan fingerprint density at radius 2 is 2.11 bits per heavy atom. The maximum atomic E-state index is 6.50. The lowest BCUT2D eigenvalue weighted by molar-refractivity contribution is 0.166. The highest BCUT2D eigenvalue weighted by Gasteiger charge is 2.36. The van der Waals surface area contributed by atoms with E-state index in [9.17, 15) is 0 Å². The normalized spacial score (nSPS) is 34.6. The Balaban J connectivity index is 1.84. The predicted molar refractivity (Wildman–Crippen MR) is 80.8 cm³/mol. The summed E-state index contributed by atoms with van der Waals surface area (Å²) >= 11 is 0. The number of likely N-dealkylation sites (tertiary alicyclic amines) is 1. The van der Waals surface area contributed by atoms with Crippen LogP contribution >= 0.6 is 0 Å². The van der Waals surface area contributed by atoms with Crippen LogP contribution in [0.5, 0.6) is 0 Å². The van der Waals surface area contributed by atoms with Crippen LogP contribution in [0.15, 0.2) is 35.5 Å². The first kappa shape index (κ1) is 13.1. The fourth-order valence-electron chi connectivity index (χ4n) is 4.05. The van der Waals surface area contributed by atoms with Crippen LogP contribution < -0.4 is 5.73 Å². The summed E-state index contributed by atoms with van der Waals surface area (Å²) in [6, 6.07) is 0.242. The van der Waals surface area contributed by atoms with Gasteiger partial charge in [0.25, 0.3) is 0 Å². The molecule has 19 heavy (non-hydrogen) atoms. The molecule has 0 radical (unpaired) electrons. The van der Waals surface area contributed by atoms with Crippen molar-refractivity contribution in [2.75, 3.05) is 19.6 Å². The maximum Gasteiger partial charge on any atom is 0.0392 e. The van der Waals surface area contributed by atoms with E-state index in [1.165, 1.54) is 31.5 Å². The molecule has 1 heterocycles. The van der Waals surface area contributed by atoms with Crippen LogP contribution in [0, 0.1) is 17.8 Å². The molecule has 3 rings (SSSR count). The van der Waals surface area contributed by atoms with Crippen molar-refractivity contribution in [1.82, 2.24) is 4.90 Å². The minimum absolute atomic E-state index is 0.242. The van der Waals surface area contributed by atoms with Crippen LogP contribution in [0.3, 0.4) is 0 Å². The van der Waals surface area contributed by atoms with E-state index in [4.69, 9.17) is 5.73 Å². The Bertz CT molecular complexity index is 431. The molecular formula is C17H26N2. The topological polar surface area (TPSA) is 29.3 Å². The molecule has 0 aromatic rings. The Kier molecular flexibility index (Phi) is 3.64. The van der Waals surface area contributed by atoms with Crippen LogP contribution in [0.2, 0.25) is 0 Å². The van der Waals surface area contributed by atoms with E-state index in [0.29, 0.717) is 11.8 Å². The number of hydrogen-bond donors (Lipinski definition) is 1. The monoisotopic (exact) mass is 258 g/mol. The summed E-state index contributed by atoms with van der Waals surface area (Å²) in [5.74, 6) is 2.07. The highest BCUT2D eigenvalue weighted by atomic mass is 15.2. The fraction of sp³-hybridized carbons (Fsp3) is 0.647. The van der Waals surface area contributed by atoms with Crippen molar-refractivity contribution >= 4 is 0 Å². The Hall–Kier alpha value is -0.860. The molecule has 2 aliphatic carbocycles. The fourth-order valence-corrected chi connectivity index (χ4v) is 4.05. The molecule has 1 saturated heterocycles. The van der Waals surface area contributed by atoms with E-state index in [-0.39, 0.29) is 6.04 Å². The van der Waals surface area contributed by atoms with Crippen molar-refractivity contribution in [3.63, 3.8) is 0 Å². The summed E-state index contributed by atoms with van der Waals surface area (Å²) in [7, 11) is 0. The van der Waals surface area contributed by atoms with Crippen LogP contribution in [0.1, 0.15) is 26.7 Å². The van der Waals surface area contributed by atoms with Gasteiger partial charge in [0, 0.05) is 31.6 Å². The second-order valence-corrected chi connectivity index (χ2v) is 6.75. The molecule has 0 saturated carbocycles. The van der Waals surface area contributed by atoms with Gasteiger partial charge in [-0.25, -0.2) is 0 Å². The Morgan fingerprint density at radius 3 is 2.89 bits per heavy atom. The molecule has 2 N–H and O–H groups in total. The molecule has 0 amide bonds. The van der Waals surface area contributed by atoms with Gasteiger partial charge in [-0.1, -0.05) is 38.2 Å². The van der Waals surface area contributed by atoms with Gasteiger partial charge in [0.1, 0.15) is 0 Å². The molecule has 104 valence electrons. The molecule has 0 bridgehead atoms. The van der Waals surface area contributed by atoms with E-state index in [2.05, 4.69) is 43.1 Å². The first-order chi connectivity index (χ1) is 9.15. The van der Waals surface area contributed by atoms with Gasteiger partial charge in [0.05, 0.1) is 0 Å². The third-order valence-corrected chi connectivity index (χ3v) is 4.69. The quantitative estimate of drug-likeness (QED) is 0.825. The van der Waals surface area contributed by atoms with Crippen molar-refractivity contribution in [3.05, 3.63) is 35.5 Å². The first-order valence-electron chi connectivity index (χ1n) is 7.72. The average Bonchev–Trinajstić information content (AvgIpc) is 2.37. The number of rotatable bonds is 2. The van der Waals surface area contributed by atoms with Crippen LogP contribution in [-0.4, -0.2) is 30.6 Å². The standard InChI is InChI=1S/C17H26N2/c1-12(2)9-19-10-14-8-7-13-5-3-4-6-15(13)17(14)16(18)11-19/h3-6,12-14,16H,7-11,18H2,1-2H3/t13?,14?,16-/m0/s1. The van der Waals surface area contributed by atoms with Gasteiger partial charge in [-0.15, -0.1) is 0 Å². The zero-order chi connectivity index (χ0) is 13.4. The highest BCUT2D eigenvalue weighted by molar-refractivity contribution is 5.42. The molecule has 0 aromatic heterocycles. The van der Waals surface area contributed by atoms with Crippen molar-refractivity contribution in [2.45, 2.75) is 32.7 Å². The lowest BCUT2D eigenvalue weighted by Gasteiger charge is -2.44. The van der Waals surface area contributed by atoms with E-state index >= 15 is 0 Å².